The number of nitrogen functional groups attached to an aromatic ring is 1. The van der Waals surface area contributed by atoms with Gasteiger partial charge in [0.05, 0.1) is 29.3 Å². The number of carbonyl (C=O) groups is 1. The Bertz CT molecular complexity index is 1530. The van der Waals surface area contributed by atoms with E-state index in [0.29, 0.717) is 5.69 Å². The van der Waals surface area contributed by atoms with Crippen molar-refractivity contribution >= 4 is 43.8 Å². The molecular weight excluding hydrogens is 451 g/mol. The van der Waals surface area contributed by atoms with Crippen molar-refractivity contribution in [2.45, 2.75) is 24.3 Å². The van der Waals surface area contributed by atoms with E-state index in [-0.39, 0.29) is 49.1 Å². The molecule has 0 spiro atoms. The number of alkyl halides is 3. The van der Waals surface area contributed by atoms with Crippen molar-refractivity contribution in [3.8, 4) is 5.69 Å². The van der Waals surface area contributed by atoms with Gasteiger partial charge in [-0.05, 0) is 25.0 Å². The lowest BCUT2D eigenvalue weighted by molar-refractivity contribution is -0.0448. The first-order valence-electron chi connectivity index (χ1n) is 9.28. The zero-order chi connectivity index (χ0) is 23.0. The lowest BCUT2D eigenvalue weighted by Gasteiger charge is -2.11. The smallest absolute Gasteiger partial charge is 0.384 e. The predicted molar refractivity (Wildman–Crippen MR) is 107 cm³/mol. The molecule has 0 unspecified atom stereocenters. The van der Waals surface area contributed by atoms with E-state index >= 15 is 0 Å². The maximum atomic E-state index is 13.1. The standard InChI is InChI=1S/C18H14F3N7O3S/c19-18(20,21)32(30,31)28-12-3-1-2-11(9(12)6-25-28)27-15(22)13(16(23)29)14-17(27)24-7-10(26-14)8-4-5-8/h1-3,6-8H,4-5,22H2,(H2,23,29). The van der Waals surface area contributed by atoms with Gasteiger partial charge in [-0.15, -0.1) is 4.09 Å². The molecule has 1 aliphatic carbocycles. The van der Waals surface area contributed by atoms with Crippen molar-refractivity contribution in [3.63, 3.8) is 0 Å². The van der Waals surface area contributed by atoms with Crippen LogP contribution in [0.2, 0.25) is 0 Å². The van der Waals surface area contributed by atoms with E-state index in [1.807, 2.05) is 0 Å². The molecule has 0 bridgehead atoms. The topological polar surface area (TPSA) is 152 Å². The van der Waals surface area contributed by atoms with Gasteiger partial charge in [0.15, 0.2) is 5.65 Å². The number of rotatable bonds is 4. The van der Waals surface area contributed by atoms with Crippen LogP contribution in [0.5, 0.6) is 0 Å². The molecule has 4 N–H and O–H groups in total. The normalized spacial score (nSPS) is 15.0. The Balaban J connectivity index is 1.81. The minimum absolute atomic E-state index is 0.0352. The average Bonchev–Trinajstić information content (AvgIpc) is 3.39. The second kappa shape index (κ2) is 6.41. The zero-order valence-corrected chi connectivity index (χ0v) is 16.9. The van der Waals surface area contributed by atoms with Crippen LogP contribution < -0.4 is 11.5 Å². The van der Waals surface area contributed by atoms with Gasteiger partial charge in [-0.3, -0.25) is 9.36 Å². The van der Waals surface area contributed by atoms with Crippen molar-refractivity contribution in [2.75, 3.05) is 5.73 Å². The molecule has 1 amide bonds. The molecule has 0 radical (unpaired) electrons. The van der Waals surface area contributed by atoms with Crippen molar-refractivity contribution in [2.24, 2.45) is 5.73 Å². The number of nitrogens with two attached hydrogens (primary N) is 2. The molecule has 166 valence electrons. The largest absolute Gasteiger partial charge is 0.518 e. The highest BCUT2D eigenvalue weighted by Gasteiger charge is 2.48. The maximum Gasteiger partial charge on any atom is 0.518 e. The van der Waals surface area contributed by atoms with Crippen LogP contribution >= 0.6 is 0 Å². The van der Waals surface area contributed by atoms with Gasteiger partial charge in [0.25, 0.3) is 5.91 Å². The highest BCUT2D eigenvalue weighted by atomic mass is 32.2. The Morgan fingerprint density at radius 3 is 2.53 bits per heavy atom. The molecule has 0 atom stereocenters. The summed E-state index contributed by atoms with van der Waals surface area (Å²) in [6, 6.07) is 3.98. The molecule has 4 aromatic rings. The van der Waals surface area contributed by atoms with Gasteiger partial charge in [0.2, 0.25) is 0 Å². The van der Waals surface area contributed by atoms with E-state index in [2.05, 4.69) is 15.1 Å². The van der Waals surface area contributed by atoms with E-state index < -0.39 is 21.4 Å². The summed E-state index contributed by atoms with van der Waals surface area (Å²) in [5.74, 6) is -0.748. The first-order valence-corrected chi connectivity index (χ1v) is 10.7. The number of nitrogens with zero attached hydrogens (tertiary/aromatic N) is 5. The Hall–Kier alpha value is -3.68. The Labute approximate surface area is 177 Å². The van der Waals surface area contributed by atoms with Crippen LogP contribution in [-0.2, 0) is 10.0 Å². The molecule has 5 rings (SSSR count). The Morgan fingerprint density at radius 1 is 1.19 bits per heavy atom. The lowest BCUT2D eigenvalue weighted by Crippen LogP contribution is -2.30. The number of amides is 1. The number of hydrogen-bond donors (Lipinski definition) is 2. The van der Waals surface area contributed by atoms with Gasteiger partial charge < -0.3 is 11.5 Å². The second-order valence-electron chi connectivity index (χ2n) is 7.35. The van der Waals surface area contributed by atoms with Gasteiger partial charge >= 0.3 is 15.5 Å². The number of fused-ring (bicyclic) bond motifs is 2. The quantitative estimate of drug-likeness (QED) is 0.468. The van der Waals surface area contributed by atoms with E-state index in [9.17, 15) is 26.4 Å². The first-order chi connectivity index (χ1) is 15.0. The molecule has 1 aliphatic rings. The molecular formula is C18H14F3N7O3S. The molecule has 1 saturated carbocycles. The van der Waals surface area contributed by atoms with Gasteiger partial charge in [0.1, 0.15) is 16.9 Å². The third-order valence-electron chi connectivity index (χ3n) is 5.28. The summed E-state index contributed by atoms with van der Waals surface area (Å²) >= 11 is 0. The van der Waals surface area contributed by atoms with Gasteiger partial charge in [-0.1, -0.05) is 6.07 Å². The van der Waals surface area contributed by atoms with E-state index in [0.717, 1.165) is 19.0 Å². The van der Waals surface area contributed by atoms with Gasteiger partial charge in [-0.25, -0.2) is 9.97 Å². The molecule has 14 heteroatoms. The third kappa shape index (κ3) is 2.75. The first kappa shape index (κ1) is 20.2. The summed E-state index contributed by atoms with van der Waals surface area (Å²) in [6.45, 7) is 0. The molecule has 10 nitrogen and oxygen atoms in total. The molecule has 1 aromatic carbocycles. The summed E-state index contributed by atoms with van der Waals surface area (Å²) in [4.78, 5) is 21.0. The number of hydrogen-bond acceptors (Lipinski definition) is 7. The summed E-state index contributed by atoms with van der Waals surface area (Å²) in [7, 11) is -5.76. The number of primary amides is 1. The van der Waals surface area contributed by atoms with Crippen molar-refractivity contribution < 1.29 is 26.4 Å². The monoisotopic (exact) mass is 465 g/mol. The number of halogens is 3. The van der Waals surface area contributed by atoms with Crippen molar-refractivity contribution in [1.82, 2.24) is 23.7 Å². The van der Waals surface area contributed by atoms with E-state index in [1.54, 1.807) is 6.20 Å². The highest BCUT2D eigenvalue weighted by Crippen LogP contribution is 2.40. The maximum absolute atomic E-state index is 13.1. The van der Waals surface area contributed by atoms with Gasteiger partial charge in [0, 0.05) is 11.3 Å². The van der Waals surface area contributed by atoms with Crippen LogP contribution in [0.25, 0.3) is 27.8 Å². The van der Waals surface area contributed by atoms with Crippen LogP contribution in [0.3, 0.4) is 0 Å². The van der Waals surface area contributed by atoms with Crippen LogP contribution in [0.4, 0.5) is 19.0 Å². The van der Waals surface area contributed by atoms with Gasteiger partial charge in [-0.2, -0.15) is 26.7 Å². The fourth-order valence-corrected chi connectivity index (χ4v) is 4.42. The molecule has 32 heavy (non-hydrogen) atoms. The Morgan fingerprint density at radius 2 is 1.91 bits per heavy atom. The lowest BCUT2D eigenvalue weighted by atomic mass is 10.2. The second-order valence-corrected chi connectivity index (χ2v) is 9.11. The average molecular weight is 465 g/mol. The minimum atomic E-state index is -5.76. The third-order valence-corrected chi connectivity index (χ3v) is 6.61. The summed E-state index contributed by atoms with van der Waals surface area (Å²) < 4.78 is 64.3. The van der Waals surface area contributed by atoms with E-state index in [4.69, 9.17) is 11.5 Å². The van der Waals surface area contributed by atoms with E-state index in [1.165, 1.54) is 22.8 Å². The highest BCUT2D eigenvalue weighted by molar-refractivity contribution is 7.90. The molecule has 3 heterocycles. The fraction of sp³-hybridized carbons (Fsp3) is 0.222. The van der Waals surface area contributed by atoms with Crippen molar-refractivity contribution in [3.05, 3.63) is 41.9 Å². The summed E-state index contributed by atoms with van der Waals surface area (Å²) in [5.41, 5.74) is 6.91. The molecule has 0 aliphatic heterocycles. The zero-order valence-electron chi connectivity index (χ0n) is 16.0. The number of anilines is 1. The number of aromatic nitrogens is 5. The summed E-state index contributed by atoms with van der Waals surface area (Å²) in [6.07, 6.45) is 4.39. The SMILES string of the molecule is NC(=O)c1c(N)n(-c2cccc3c2cnn3S(=O)(=O)C(F)(F)F)c2ncc(C3CC3)nc12. The van der Waals surface area contributed by atoms with Crippen LogP contribution in [0.15, 0.2) is 30.6 Å². The molecule has 0 saturated heterocycles. The minimum Gasteiger partial charge on any atom is -0.384 e. The van der Waals surface area contributed by atoms with Crippen LogP contribution in [0.1, 0.15) is 34.8 Å². The Kier molecular flexibility index (Phi) is 4.06. The molecule has 1 fully saturated rings. The summed E-state index contributed by atoms with van der Waals surface area (Å²) in [5, 5.41) is 3.48. The predicted octanol–water partition coefficient (Wildman–Crippen LogP) is 2.03. The number of carbonyl (C=O) groups excluding carboxylic acids is 1. The van der Waals surface area contributed by atoms with Crippen molar-refractivity contribution in [1.29, 1.82) is 0 Å². The van der Waals surface area contributed by atoms with Crippen LogP contribution in [0, 0.1) is 0 Å². The molecule has 3 aromatic heterocycles. The number of benzene rings is 1. The fourth-order valence-electron chi connectivity index (χ4n) is 3.63. The van der Waals surface area contributed by atoms with Crippen LogP contribution in [-0.4, -0.2) is 43.6 Å².